The van der Waals surface area contributed by atoms with E-state index in [2.05, 4.69) is 5.32 Å². The molecule has 1 aromatic carbocycles. The maximum Gasteiger partial charge on any atom is 0.408 e. The second-order valence-corrected chi connectivity index (χ2v) is 6.22. The molecule has 0 aliphatic heterocycles. The standard InChI is InChI=1S/C16H20ClNO4/c1-16(2,3)22-15(21)18-13(7-8-14(19)20)10-11-5-4-6-12(17)9-11/h4-9,13H,10H2,1-3H3,(H,18,21)(H,19,20). The van der Waals surface area contributed by atoms with Crippen molar-refractivity contribution < 1.29 is 19.4 Å². The van der Waals surface area contributed by atoms with Gasteiger partial charge in [-0.25, -0.2) is 9.59 Å². The summed E-state index contributed by atoms with van der Waals surface area (Å²) in [5.41, 5.74) is 0.255. The fourth-order valence-corrected chi connectivity index (χ4v) is 1.96. The summed E-state index contributed by atoms with van der Waals surface area (Å²) in [5.74, 6) is -1.08. The molecular weight excluding hydrogens is 306 g/mol. The van der Waals surface area contributed by atoms with Gasteiger partial charge in [-0.1, -0.05) is 29.8 Å². The van der Waals surface area contributed by atoms with Crippen LogP contribution in [0.5, 0.6) is 0 Å². The Labute approximate surface area is 134 Å². The molecule has 0 aliphatic rings. The smallest absolute Gasteiger partial charge is 0.408 e. The number of carboxylic acids is 1. The van der Waals surface area contributed by atoms with Crippen LogP contribution in [0.1, 0.15) is 26.3 Å². The minimum atomic E-state index is -1.08. The van der Waals surface area contributed by atoms with Crippen LogP contribution in [0.3, 0.4) is 0 Å². The molecule has 0 bridgehead atoms. The van der Waals surface area contributed by atoms with Crippen molar-refractivity contribution in [2.24, 2.45) is 0 Å². The number of halogens is 1. The number of carboxylic acid groups (broad SMARTS) is 1. The second-order valence-electron chi connectivity index (χ2n) is 5.78. The number of amides is 1. The lowest BCUT2D eigenvalue weighted by molar-refractivity contribution is -0.131. The van der Waals surface area contributed by atoms with Crippen molar-refractivity contribution in [2.45, 2.75) is 38.8 Å². The highest BCUT2D eigenvalue weighted by atomic mass is 35.5. The number of ether oxygens (including phenoxy) is 1. The molecule has 1 rings (SSSR count). The Kier molecular flexibility index (Phi) is 6.43. The van der Waals surface area contributed by atoms with Gasteiger partial charge in [0.05, 0.1) is 6.04 Å². The molecule has 0 spiro atoms. The predicted octanol–water partition coefficient (Wildman–Crippen LogP) is 3.42. The zero-order valence-corrected chi connectivity index (χ0v) is 13.6. The lowest BCUT2D eigenvalue weighted by Gasteiger charge is -2.22. The van der Waals surface area contributed by atoms with Crippen LogP contribution < -0.4 is 5.32 Å². The second kappa shape index (κ2) is 7.84. The summed E-state index contributed by atoms with van der Waals surface area (Å²) < 4.78 is 5.18. The summed E-state index contributed by atoms with van der Waals surface area (Å²) in [6, 6.07) is 6.64. The normalized spacial score (nSPS) is 12.9. The predicted molar refractivity (Wildman–Crippen MR) is 85.1 cm³/mol. The van der Waals surface area contributed by atoms with E-state index >= 15 is 0 Å². The monoisotopic (exact) mass is 325 g/mol. The van der Waals surface area contributed by atoms with Crippen LogP contribution in [0, 0.1) is 0 Å². The third-order valence-corrected chi connectivity index (χ3v) is 2.75. The van der Waals surface area contributed by atoms with Crippen LogP contribution in [0.15, 0.2) is 36.4 Å². The molecule has 0 saturated heterocycles. The van der Waals surface area contributed by atoms with Crippen LogP contribution >= 0.6 is 11.6 Å². The Morgan fingerprint density at radius 3 is 2.64 bits per heavy atom. The lowest BCUT2D eigenvalue weighted by atomic mass is 10.1. The molecule has 1 unspecified atom stereocenters. The van der Waals surface area contributed by atoms with E-state index in [0.29, 0.717) is 11.4 Å². The Balaban J connectivity index is 2.80. The van der Waals surface area contributed by atoms with Crippen LogP contribution in [-0.2, 0) is 16.0 Å². The molecule has 1 atom stereocenters. The van der Waals surface area contributed by atoms with Gasteiger partial charge in [0.2, 0.25) is 0 Å². The van der Waals surface area contributed by atoms with Crippen molar-refractivity contribution in [1.29, 1.82) is 0 Å². The lowest BCUT2D eigenvalue weighted by Crippen LogP contribution is -2.39. The van der Waals surface area contributed by atoms with Crippen LogP contribution in [0.4, 0.5) is 4.79 Å². The third kappa shape index (κ3) is 7.69. The minimum absolute atomic E-state index is 0.406. The van der Waals surface area contributed by atoms with Gasteiger partial charge in [-0.2, -0.15) is 0 Å². The molecule has 0 aliphatic carbocycles. The summed E-state index contributed by atoms with van der Waals surface area (Å²) in [6.45, 7) is 5.27. The summed E-state index contributed by atoms with van der Waals surface area (Å²) in [7, 11) is 0. The molecule has 1 amide bonds. The zero-order chi connectivity index (χ0) is 16.8. The number of carbonyl (C=O) groups is 2. The molecule has 0 fully saturated rings. The zero-order valence-electron chi connectivity index (χ0n) is 12.8. The van der Waals surface area contributed by atoms with Gasteiger partial charge in [-0.3, -0.25) is 0 Å². The van der Waals surface area contributed by atoms with Crippen LogP contribution in [-0.4, -0.2) is 28.8 Å². The molecule has 5 nitrogen and oxygen atoms in total. The number of rotatable bonds is 5. The van der Waals surface area contributed by atoms with Crippen molar-refractivity contribution >= 4 is 23.7 Å². The molecule has 2 N–H and O–H groups in total. The van der Waals surface area contributed by atoms with E-state index in [4.69, 9.17) is 21.4 Å². The number of aliphatic carboxylic acids is 1. The topological polar surface area (TPSA) is 75.6 Å². The molecular formula is C16H20ClNO4. The minimum Gasteiger partial charge on any atom is -0.478 e. The summed E-state index contributed by atoms with van der Waals surface area (Å²) in [4.78, 5) is 22.5. The first kappa shape index (κ1) is 18.0. The maximum absolute atomic E-state index is 11.8. The SMILES string of the molecule is CC(C)(C)OC(=O)NC(C=CC(=O)O)Cc1cccc(Cl)c1. The van der Waals surface area contributed by atoms with Gasteiger partial charge >= 0.3 is 12.1 Å². The van der Waals surface area contributed by atoms with Crippen LogP contribution in [0.2, 0.25) is 5.02 Å². The molecule has 0 radical (unpaired) electrons. The van der Waals surface area contributed by atoms with Crippen molar-refractivity contribution in [3.05, 3.63) is 47.0 Å². The van der Waals surface area contributed by atoms with Gasteiger partial charge in [0.25, 0.3) is 0 Å². The average molecular weight is 326 g/mol. The van der Waals surface area contributed by atoms with E-state index in [1.807, 2.05) is 6.07 Å². The summed E-state index contributed by atoms with van der Waals surface area (Å²) >= 11 is 5.92. The fraction of sp³-hybridized carbons (Fsp3) is 0.375. The van der Waals surface area contributed by atoms with Crippen molar-refractivity contribution in [1.82, 2.24) is 5.32 Å². The quantitative estimate of drug-likeness (QED) is 0.813. The molecule has 22 heavy (non-hydrogen) atoms. The van der Waals surface area contributed by atoms with Crippen molar-refractivity contribution in [3.8, 4) is 0 Å². The first-order chi connectivity index (χ1) is 10.2. The van der Waals surface area contributed by atoms with Gasteiger partial charge in [0.1, 0.15) is 5.60 Å². The fourth-order valence-electron chi connectivity index (χ4n) is 1.74. The summed E-state index contributed by atoms with van der Waals surface area (Å²) in [5, 5.41) is 12.0. The number of benzene rings is 1. The Morgan fingerprint density at radius 1 is 1.41 bits per heavy atom. The highest BCUT2D eigenvalue weighted by Crippen LogP contribution is 2.13. The average Bonchev–Trinajstić information content (AvgIpc) is 2.33. The van der Waals surface area contributed by atoms with Gasteiger partial charge in [0, 0.05) is 11.1 Å². The van der Waals surface area contributed by atoms with E-state index in [9.17, 15) is 9.59 Å². The number of carbonyl (C=O) groups excluding carboxylic acids is 1. The van der Waals surface area contributed by atoms with Gasteiger partial charge in [0.15, 0.2) is 0 Å². The molecule has 0 saturated carbocycles. The number of nitrogens with one attached hydrogen (secondary N) is 1. The molecule has 6 heteroatoms. The molecule has 0 heterocycles. The first-order valence-corrected chi connectivity index (χ1v) is 7.18. The highest BCUT2D eigenvalue weighted by molar-refractivity contribution is 6.30. The molecule has 120 valence electrons. The van der Waals surface area contributed by atoms with E-state index in [-0.39, 0.29) is 0 Å². The van der Waals surface area contributed by atoms with E-state index in [0.717, 1.165) is 11.6 Å². The van der Waals surface area contributed by atoms with Crippen LogP contribution in [0.25, 0.3) is 0 Å². The highest BCUT2D eigenvalue weighted by Gasteiger charge is 2.18. The van der Waals surface area contributed by atoms with E-state index in [1.54, 1.807) is 39.0 Å². The third-order valence-electron chi connectivity index (χ3n) is 2.52. The largest absolute Gasteiger partial charge is 0.478 e. The number of hydrogen-bond donors (Lipinski definition) is 2. The van der Waals surface area contributed by atoms with Gasteiger partial charge < -0.3 is 15.2 Å². The first-order valence-electron chi connectivity index (χ1n) is 6.81. The Bertz CT molecular complexity index is 564. The molecule has 1 aromatic rings. The Morgan fingerprint density at radius 2 is 2.09 bits per heavy atom. The van der Waals surface area contributed by atoms with Crippen molar-refractivity contribution in [3.63, 3.8) is 0 Å². The maximum atomic E-state index is 11.8. The van der Waals surface area contributed by atoms with E-state index < -0.39 is 23.7 Å². The Hall–Kier alpha value is -2.01. The van der Waals surface area contributed by atoms with Crippen molar-refractivity contribution in [2.75, 3.05) is 0 Å². The summed E-state index contributed by atoms with van der Waals surface area (Å²) in [6.07, 6.45) is 2.21. The number of alkyl carbamates (subject to hydrolysis) is 1. The number of hydrogen-bond acceptors (Lipinski definition) is 3. The molecule has 0 aromatic heterocycles. The van der Waals surface area contributed by atoms with Gasteiger partial charge in [-0.05, 0) is 44.9 Å². The van der Waals surface area contributed by atoms with Gasteiger partial charge in [-0.15, -0.1) is 0 Å². The van der Waals surface area contributed by atoms with E-state index in [1.165, 1.54) is 6.08 Å².